The summed E-state index contributed by atoms with van der Waals surface area (Å²) in [6.45, 7) is 3.47. The zero-order valence-electron chi connectivity index (χ0n) is 14.6. The monoisotopic (exact) mass is 318 g/mol. The van der Waals surface area contributed by atoms with E-state index in [1.54, 1.807) is 0 Å². The van der Waals surface area contributed by atoms with E-state index in [1.807, 2.05) is 0 Å². The standard InChI is InChI=1S/C20H34N2O/c23-20(21-19-10-6-1-2-7-11-19)18-12-14-22(15-13-18)16-17-8-4-3-5-9-17/h3-4,17-19H,1-2,5-16H2,(H,21,23)/t17-/m0/s1. The van der Waals surface area contributed by atoms with Crippen molar-refractivity contribution < 1.29 is 4.79 Å². The van der Waals surface area contributed by atoms with Gasteiger partial charge in [0.15, 0.2) is 0 Å². The van der Waals surface area contributed by atoms with Crippen molar-refractivity contribution in [2.75, 3.05) is 19.6 Å². The molecule has 0 aromatic heterocycles. The lowest BCUT2D eigenvalue weighted by atomic mass is 9.91. The molecule has 0 aromatic rings. The van der Waals surface area contributed by atoms with Crippen LogP contribution >= 0.6 is 0 Å². The van der Waals surface area contributed by atoms with E-state index >= 15 is 0 Å². The van der Waals surface area contributed by atoms with E-state index in [4.69, 9.17) is 0 Å². The number of likely N-dealkylation sites (tertiary alicyclic amines) is 1. The second-order valence-electron chi connectivity index (χ2n) is 7.92. The summed E-state index contributed by atoms with van der Waals surface area (Å²) in [5, 5.41) is 3.36. The van der Waals surface area contributed by atoms with Gasteiger partial charge in [-0.1, -0.05) is 37.8 Å². The minimum Gasteiger partial charge on any atom is -0.353 e. The Hall–Kier alpha value is -0.830. The Morgan fingerprint density at radius 1 is 0.957 bits per heavy atom. The van der Waals surface area contributed by atoms with E-state index in [1.165, 1.54) is 64.3 Å². The van der Waals surface area contributed by atoms with Gasteiger partial charge in [0.05, 0.1) is 0 Å². The summed E-state index contributed by atoms with van der Waals surface area (Å²) in [4.78, 5) is 15.1. The first-order chi connectivity index (χ1) is 11.3. The highest BCUT2D eigenvalue weighted by Gasteiger charge is 2.27. The van der Waals surface area contributed by atoms with Crippen LogP contribution in [-0.2, 0) is 4.79 Å². The summed E-state index contributed by atoms with van der Waals surface area (Å²) in [7, 11) is 0. The average molecular weight is 319 g/mol. The van der Waals surface area contributed by atoms with Gasteiger partial charge in [-0.15, -0.1) is 0 Å². The van der Waals surface area contributed by atoms with Crippen molar-refractivity contribution in [1.29, 1.82) is 0 Å². The van der Waals surface area contributed by atoms with Gasteiger partial charge in [0, 0.05) is 18.5 Å². The van der Waals surface area contributed by atoms with Crippen LogP contribution in [0, 0.1) is 11.8 Å². The highest BCUT2D eigenvalue weighted by atomic mass is 16.1. The molecule has 130 valence electrons. The molecule has 1 N–H and O–H groups in total. The van der Waals surface area contributed by atoms with Crippen LogP contribution in [0.1, 0.15) is 70.6 Å². The molecule has 2 fully saturated rings. The van der Waals surface area contributed by atoms with E-state index in [2.05, 4.69) is 22.4 Å². The fourth-order valence-electron chi connectivity index (χ4n) is 4.51. The molecule has 0 radical (unpaired) electrons. The molecule has 1 saturated heterocycles. The second kappa shape index (κ2) is 8.86. The van der Waals surface area contributed by atoms with E-state index in [9.17, 15) is 4.79 Å². The van der Waals surface area contributed by atoms with Crippen molar-refractivity contribution in [3.63, 3.8) is 0 Å². The smallest absolute Gasteiger partial charge is 0.223 e. The number of nitrogens with one attached hydrogen (secondary N) is 1. The molecular formula is C20H34N2O. The fourth-order valence-corrected chi connectivity index (χ4v) is 4.51. The van der Waals surface area contributed by atoms with Crippen molar-refractivity contribution in [2.24, 2.45) is 11.8 Å². The number of piperidine rings is 1. The molecule has 23 heavy (non-hydrogen) atoms. The molecule has 1 aliphatic heterocycles. The van der Waals surface area contributed by atoms with Crippen LogP contribution in [0.5, 0.6) is 0 Å². The molecule has 0 unspecified atom stereocenters. The predicted octanol–water partition coefficient (Wildman–Crippen LogP) is 3.89. The number of allylic oxidation sites excluding steroid dienone is 2. The van der Waals surface area contributed by atoms with Gasteiger partial charge >= 0.3 is 0 Å². The van der Waals surface area contributed by atoms with Crippen LogP contribution in [0.3, 0.4) is 0 Å². The molecule has 3 nitrogen and oxygen atoms in total. The Kier molecular flexibility index (Phi) is 6.56. The summed E-state index contributed by atoms with van der Waals surface area (Å²) in [5.41, 5.74) is 0. The molecule has 1 heterocycles. The van der Waals surface area contributed by atoms with Crippen molar-refractivity contribution in [3.8, 4) is 0 Å². The van der Waals surface area contributed by atoms with Crippen LogP contribution in [0.4, 0.5) is 0 Å². The molecule has 3 rings (SSSR count). The van der Waals surface area contributed by atoms with Crippen molar-refractivity contribution >= 4 is 5.91 Å². The SMILES string of the molecule is O=C(NC1CCCCCC1)C1CCN(C[C@H]2CC=CCC2)CC1. The highest BCUT2D eigenvalue weighted by Crippen LogP contribution is 2.24. The van der Waals surface area contributed by atoms with Crippen molar-refractivity contribution in [1.82, 2.24) is 10.2 Å². The maximum Gasteiger partial charge on any atom is 0.223 e. The lowest BCUT2D eigenvalue weighted by Gasteiger charge is -2.34. The summed E-state index contributed by atoms with van der Waals surface area (Å²) in [5.74, 6) is 1.45. The average Bonchev–Trinajstić information content (AvgIpc) is 2.85. The lowest BCUT2D eigenvalue weighted by molar-refractivity contribution is -0.127. The molecule has 1 amide bonds. The third kappa shape index (κ3) is 5.34. The maximum absolute atomic E-state index is 12.5. The quantitative estimate of drug-likeness (QED) is 0.630. The van der Waals surface area contributed by atoms with E-state index in [0.717, 1.165) is 31.8 Å². The van der Waals surface area contributed by atoms with Crippen molar-refractivity contribution in [3.05, 3.63) is 12.2 Å². The molecule has 3 heteroatoms. The number of hydrogen-bond acceptors (Lipinski definition) is 2. The summed E-state index contributed by atoms with van der Waals surface area (Å²) >= 11 is 0. The second-order valence-corrected chi connectivity index (χ2v) is 7.92. The summed E-state index contributed by atoms with van der Waals surface area (Å²) in [6, 6.07) is 0.456. The van der Waals surface area contributed by atoms with Gasteiger partial charge in [-0.25, -0.2) is 0 Å². The maximum atomic E-state index is 12.5. The first kappa shape index (κ1) is 17.0. The minimum atomic E-state index is 0.265. The zero-order valence-corrected chi connectivity index (χ0v) is 14.6. The summed E-state index contributed by atoms with van der Waals surface area (Å²) < 4.78 is 0. The predicted molar refractivity (Wildman–Crippen MR) is 95.3 cm³/mol. The van der Waals surface area contributed by atoms with Gasteiger partial charge in [-0.2, -0.15) is 0 Å². The molecule has 1 atom stereocenters. The summed E-state index contributed by atoms with van der Waals surface area (Å²) in [6.07, 6.45) is 18.3. The van der Waals surface area contributed by atoms with Crippen molar-refractivity contribution in [2.45, 2.75) is 76.7 Å². The van der Waals surface area contributed by atoms with Crippen LogP contribution in [0.25, 0.3) is 0 Å². The molecule has 2 aliphatic carbocycles. The first-order valence-electron chi connectivity index (χ1n) is 9.99. The third-order valence-electron chi connectivity index (χ3n) is 6.05. The van der Waals surface area contributed by atoms with Crippen LogP contribution in [-0.4, -0.2) is 36.5 Å². The van der Waals surface area contributed by atoms with Gasteiger partial charge in [0.1, 0.15) is 0 Å². The number of amides is 1. The number of nitrogens with zero attached hydrogens (tertiary/aromatic N) is 1. The molecule has 0 spiro atoms. The molecule has 0 bridgehead atoms. The van der Waals surface area contributed by atoms with E-state index in [-0.39, 0.29) is 5.92 Å². The van der Waals surface area contributed by atoms with Gasteiger partial charge in [0.2, 0.25) is 5.91 Å². The largest absolute Gasteiger partial charge is 0.353 e. The molecular weight excluding hydrogens is 284 g/mol. The van der Waals surface area contributed by atoms with E-state index in [0.29, 0.717) is 11.9 Å². The van der Waals surface area contributed by atoms with Crippen LogP contribution in [0.2, 0.25) is 0 Å². The lowest BCUT2D eigenvalue weighted by Crippen LogP contribution is -2.44. The Bertz CT molecular complexity index is 390. The topological polar surface area (TPSA) is 32.3 Å². The van der Waals surface area contributed by atoms with Gasteiger partial charge < -0.3 is 10.2 Å². The first-order valence-corrected chi connectivity index (χ1v) is 9.99. The fraction of sp³-hybridized carbons (Fsp3) is 0.850. The van der Waals surface area contributed by atoms with Gasteiger partial charge in [0.25, 0.3) is 0 Å². The number of carbonyl (C=O) groups is 1. The number of hydrogen-bond donors (Lipinski definition) is 1. The zero-order chi connectivity index (χ0) is 15.9. The molecule has 0 aromatic carbocycles. The molecule has 1 saturated carbocycles. The van der Waals surface area contributed by atoms with E-state index < -0.39 is 0 Å². The van der Waals surface area contributed by atoms with Gasteiger partial charge in [-0.3, -0.25) is 4.79 Å². The number of rotatable bonds is 4. The normalized spacial score (nSPS) is 28.4. The Labute approximate surface area is 141 Å². The van der Waals surface area contributed by atoms with Crippen LogP contribution < -0.4 is 5.32 Å². The Morgan fingerprint density at radius 2 is 1.70 bits per heavy atom. The third-order valence-corrected chi connectivity index (χ3v) is 6.05. The minimum absolute atomic E-state index is 0.265. The highest BCUT2D eigenvalue weighted by molar-refractivity contribution is 5.79. The van der Waals surface area contributed by atoms with Crippen LogP contribution in [0.15, 0.2) is 12.2 Å². The Morgan fingerprint density at radius 3 is 2.35 bits per heavy atom. The number of carbonyl (C=O) groups excluding carboxylic acids is 1. The molecule has 3 aliphatic rings. The van der Waals surface area contributed by atoms with Gasteiger partial charge in [-0.05, 0) is 64.0 Å². The Balaban J connectivity index is 1.37.